The third-order valence-corrected chi connectivity index (χ3v) is 3.90. The molecule has 0 unspecified atom stereocenters. The largest absolute Gasteiger partial charge is 0.496 e. The van der Waals surface area contributed by atoms with Crippen molar-refractivity contribution in [3.63, 3.8) is 0 Å². The van der Waals surface area contributed by atoms with Crippen molar-refractivity contribution in [3.05, 3.63) is 28.2 Å². The summed E-state index contributed by atoms with van der Waals surface area (Å²) in [6.07, 6.45) is 2.52. The van der Waals surface area contributed by atoms with Gasteiger partial charge in [0.2, 0.25) is 0 Å². The molecule has 0 radical (unpaired) electrons. The molecule has 19 heavy (non-hydrogen) atoms. The van der Waals surface area contributed by atoms with Crippen LogP contribution in [0.4, 0.5) is 0 Å². The van der Waals surface area contributed by atoms with Crippen LogP contribution in [0.2, 0.25) is 0 Å². The first-order valence-electron chi connectivity index (χ1n) is 6.52. The van der Waals surface area contributed by atoms with Crippen molar-refractivity contribution < 1.29 is 4.74 Å². The topological polar surface area (TPSA) is 36.9 Å². The van der Waals surface area contributed by atoms with E-state index in [4.69, 9.17) is 4.74 Å². The minimum Gasteiger partial charge on any atom is -0.496 e. The van der Waals surface area contributed by atoms with E-state index in [2.05, 4.69) is 43.3 Å². The molecule has 0 atom stereocenters. The molecule has 0 amide bonds. The standard InChI is InChI=1S/C14H20BrN3O/c1-16-14(18-7-3-4-8-18)17-10-11-5-6-13(19-2)12(15)9-11/h5-6,9H,3-4,7-8,10H2,1-2H3,(H,16,17). The lowest BCUT2D eigenvalue weighted by atomic mass is 10.2. The Labute approximate surface area is 123 Å². The van der Waals surface area contributed by atoms with E-state index in [0.717, 1.165) is 35.8 Å². The maximum atomic E-state index is 5.23. The Kier molecular flexibility index (Phi) is 5.07. The fraction of sp³-hybridized carbons (Fsp3) is 0.500. The third-order valence-electron chi connectivity index (χ3n) is 3.28. The molecule has 1 aromatic rings. The zero-order chi connectivity index (χ0) is 13.7. The highest BCUT2D eigenvalue weighted by Gasteiger charge is 2.15. The van der Waals surface area contributed by atoms with Crippen molar-refractivity contribution in [2.45, 2.75) is 19.4 Å². The number of aliphatic imine (C=N–C) groups is 1. The molecular weight excluding hydrogens is 306 g/mol. The van der Waals surface area contributed by atoms with Gasteiger partial charge in [0, 0.05) is 26.7 Å². The first-order chi connectivity index (χ1) is 9.24. The first kappa shape index (κ1) is 14.2. The minimum atomic E-state index is 0.770. The van der Waals surface area contributed by atoms with E-state index in [9.17, 15) is 0 Å². The number of rotatable bonds is 3. The maximum Gasteiger partial charge on any atom is 0.193 e. The van der Waals surface area contributed by atoms with Crippen molar-refractivity contribution >= 4 is 21.9 Å². The lowest BCUT2D eigenvalue weighted by Crippen LogP contribution is -2.39. The van der Waals surface area contributed by atoms with Gasteiger partial charge >= 0.3 is 0 Å². The number of ether oxygens (including phenoxy) is 1. The van der Waals surface area contributed by atoms with E-state index in [1.54, 1.807) is 7.11 Å². The van der Waals surface area contributed by atoms with Gasteiger partial charge in [0.05, 0.1) is 11.6 Å². The minimum absolute atomic E-state index is 0.770. The van der Waals surface area contributed by atoms with Crippen LogP contribution < -0.4 is 10.1 Å². The molecule has 2 rings (SSSR count). The summed E-state index contributed by atoms with van der Waals surface area (Å²) in [6, 6.07) is 6.11. The van der Waals surface area contributed by atoms with Crippen LogP contribution >= 0.6 is 15.9 Å². The number of halogens is 1. The normalized spacial score (nSPS) is 15.7. The highest BCUT2D eigenvalue weighted by molar-refractivity contribution is 9.10. The predicted octanol–water partition coefficient (Wildman–Crippen LogP) is 2.63. The number of nitrogens with one attached hydrogen (secondary N) is 1. The number of likely N-dealkylation sites (tertiary alicyclic amines) is 1. The molecule has 1 N–H and O–H groups in total. The van der Waals surface area contributed by atoms with Crippen molar-refractivity contribution in [3.8, 4) is 5.75 Å². The van der Waals surface area contributed by atoms with Gasteiger partial charge in [-0.2, -0.15) is 0 Å². The third kappa shape index (κ3) is 3.62. The summed E-state index contributed by atoms with van der Waals surface area (Å²) in [6.45, 7) is 2.98. The Morgan fingerprint density at radius 2 is 2.16 bits per heavy atom. The van der Waals surface area contributed by atoms with Crippen LogP contribution in [-0.4, -0.2) is 38.1 Å². The summed E-state index contributed by atoms with van der Waals surface area (Å²) in [7, 11) is 3.51. The Morgan fingerprint density at radius 3 is 2.74 bits per heavy atom. The van der Waals surface area contributed by atoms with Gasteiger partial charge in [0.15, 0.2) is 5.96 Å². The number of hydrogen-bond acceptors (Lipinski definition) is 2. The van der Waals surface area contributed by atoms with Crippen LogP contribution in [0.15, 0.2) is 27.7 Å². The summed E-state index contributed by atoms with van der Waals surface area (Å²) in [5, 5.41) is 3.41. The van der Waals surface area contributed by atoms with Crippen LogP contribution in [-0.2, 0) is 6.54 Å². The zero-order valence-electron chi connectivity index (χ0n) is 11.4. The molecule has 1 aliphatic rings. The van der Waals surface area contributed by atoms with Crippen molar-refractivity contribution in [1.82, 2.24) is 10.2 Å². The molecule has 0 bridgehead atoms. The molecule has 104 valence electrons. The zero-order valence-corrected chi connectivity index (χ0v) is 13.0. The summed E-state index contributed by atoms with van der Waals surface area (Å²) < 4.78 is 6.21. The second kappa shape index (κ2) is 6.80. The monoisotopic (exact) mass is 325 g/mol. The maximum absolute atomic E-state index is 5.23. The van der Waals surface area contributed by atoms with Crippen molar-refractivity contribution in [1.29, 1.82) is 0 Å². The van der Waals surface area contributed by atoms with Gasteiger partial charge in [-0.3, -0.25) is 4.99 Å². The SMILES string of the molecule is CN=C(NCc1ccc(OC)c(Br)c1)N1CCCC1. The molecule has 1 aliphatic heterocycles. The molecule has 0 aliphatic carbocycles. The smallest absolute Gasteiger partial charge is 0.193 e. The lowest BCUT2D eigenvalue weighted by Gasteiger charge is -2.21. The molecule has 0 spiro atoms. The lowest BCUT2D eigenvalue weighted by molar-refractivity contribution is 0.412. The average Bonchev–Trinajstić information content (AvgIpc) is 2.94. The van der Waals surface area contributed by atoms with Gasteiger partial charge in [-0.1, -0.05) is 6.07 Å². The summed E-state index contributed by atoms with van der Waals surface area (Å²) in [4.78, 5) is 6.64. The number of benzene rings is 1. The van der Waals surface area contributed by atoms with Gasteiger partial charge in [0.25, 0.3) is 0 Å². The molecule has 4 nitrogen and oxygen atoms in total. The Bertz CT molecular complexity index is 456. The van der Waals surface area contributed by atoms with E-state index >= 15 is 0 Å². The van der Waals surface area contributed by atoms with Gasteiger partial charge in [-0.25, -0.2) is 0 Å². The molecule has 5 heteroatoms. The van der Waals surface area contributed by atoms with E-state index in [0.29, 0.717) is 0 Å². The van der Waals surface area contributed by atoms with Gasteiger partial charge < -0.3 is 15.0 Å². The van der Waals surface area contributed by atoms with E-state index in [1.165, 1.54) is 18.4 Å². The summed E-state index contributed by atoms with van der Waals surface area (Å²) >= 11 is 3.50. The molecule has 1 heterocycles. The predicted molar refractivity (Wildman–Crippen MR) is 81.7 cm³/mol. The molecular formula is C14H20BrN3O. The number of guanidine groups is 1. The number of nitrogens with zero attached hydrogens (tertiary/aromatic N) is 2. The summed E-state index contributed by atoms with van der Waals surface area (Å²) in [5.41, 5.74) is 1.20. The second-order valence-corrected chi connectivity index (χ2v) is 5.42. The Hall–Kier alpha value is -1.23. The van der Waals surface area contributed by atoms with Crippen molar-refractivity contribution in [2.24, 2.45) is 4.99 Å². The van der Waals surface area contributed by atoms with Gasteiger partial charge in [-0.05, 0) is 46.5 Å². The molecule has 1 aromatic carbocycles. The van der Waals surface area contributed by atoms with Crippen LogP contribution in [0.5, 0.6) is 5.75 Å². The second-order valence-electron chi connectivity index (χ2n) is 4.56. The fourth-order valence-corrected chi connectivity index (χ4v) is 2.85. The molecule has 1 saturated heterocycles. The number of methoxy groups -OCH3 is 1. The highest BCUT2D eigenvalue weighted by Crippen LogP contribution is 2.25. The quantitative estimate of drug-likeness (QED) is 0.685. The molecule has 1 fully saturated rings. The first-order valence-corrected chi connectivity index (χ1v) is 7.32. The van der Waals surface area contributed by atoms with E-state index in [-0.39, 0.29) is 0 Å². The molecule has 0 saturated carbocycles. The Balaban J connectivity index is 1.95. The summed E-state index contributed by atoms with van der Waals surface area (Å²) in [5.74, 6) is 1.84. The average molecular weight is 326 g/mol. The van der Waals surface area contributed by atoms with Gasteiger partial charge in [0.1, 0.15) is 5.75 Å². The van der Waals surface area contributed by atoms with E-state index in [1.807, 2.05) is 13.1 Å². The van der Waals surface area contributed by atoms with Crippen LogP contribution in [0, 0.1) is 0 Å². The Morgan fingerprint density at radius 1 is 1.42 bits per heavy atom. The van der Waals surface area contributed by atoms with Crippen LogP contribution in [0.3, 0.4) is 0 Å². The highest BCUT2D eigenvalue weighted by atomic mass is 79.9. The van der Waals surface area contributed by atoms with Crippen LogP contribution in [0.25, 0.3) is 0 Å². The fourth-order valence-electron chi connectivity index (χ4n) is 2.26. The molecule has 0 aromatic heterocycles. The van der Waals surface area contributed by atoms with Crippen LogP contribution in [0.1, 0.15) is 18.4 Å². The van der Waals surface area contributed by atoms with Gasteiger partial charge in [-0.15, -0.1) is 0 Å². The number of hydrogen-bond donors (Lipinski definition) is 1. The van der Waals surface area contributed by atoms with Crippen molar-refractivity contribution in [2.75, 3.05) is 27.2 Å². The van der Waals surface area contributed by atoms with E-state index < -0.39 is 0 Å².